The smallest absolute Gasteiger partial charge is 0.0474 e. The Kier molecular flexibility index (Phi) is 3.36. The largest absolute Gasteiger partial charge is 0.122 e. The van der Waals surface area contributed by atoms with Crippen LogP contribution in [0.4, 0.5) is 0 Å². The van der Waals surface area contributed by atoms with Gasteiger partial charge in [0, 0.05) is 5.88 Å². The van der Waals surface area contributed by atoms with E-state index >= 15 is 0 Å². The molecular formula is C11H13Cl. The molecule has 0 fully saturated rings. The van der Waals surface area contributed by atoms with E-state index in [1.807, 2.05) is 6.08 Å². The van der Waals surface area contributed by atoms with Gasteiger partial charge in [-0.05, 0) is 17.0 Å². The molecule has 0 saturated heterocycles. The SMILES string of the molecule is C=CC(C)c1ccc(CCl)cc1. The molecule has 0 spiro atoms. The van der Waals surface area contributed by atoms with Gasteiger partial charge in [-0.3, -0.25) is 0 Å². The van der Waals surface area contributed by atoms with Crippen molar-refractivity contribution in [1.82, 2.24) is 0 Å². The van der Waals surface area contributed by atoms with E-state index < -0.39 is 0 Å². The molecule has 1 aromatic rings. The van der Waals surface area contributed by atoms with Crippen LogP contribution in [-0.2, 0) is 5.88 Å². The molecule has 12 heavy (non-hydrogen) atoms. The van der Waals surface area contributed by atoms with Gasteiger partial charge in [0.15, 0.2) is 0 Å². The topological polar surface area (TPSA) is 0 Å². The molecule has 0 saturated carbocycles. The van der Waals surface area contributed by atoms with Crippen molar-refractivity contribution in [3.8, 4) is 0 Å². The maximum Gasteiger partial charge on any atom is 0.0474 e. The minimum atomic E-state index is 0.425. The molecule has 1 aromatic carbocycles. The number of alkyl halides is 1. The Labute approximate surface area is 78.9 Å². The molecule has 0 amide bonds. The highest BCUT2D eigenvalue weighted by Crippen LogP contribution is 2.16. The summed E-state index contributed by atoms with van der Waals surface area (Å²) in [5, 5.41) is 0. The lowest BCUT2D eigenvalue weighted by atomic mass is 10.0. The molecule has 0 nitrogen and oxygen atoms in total. The molecule has 0 N–H and O–H groups in total. The zero-order chi connectivity index (χ0) is 8.97. The summed E-state index contributed by atoms with van der Waals surface area (Å²) in [7, 11) is 0. The number of halogens is 1. The summed E-state index contributed by atoms with van der Waals surface area (Å²) in [6, 6.07) is 8.32. The van der Waals surface area contributed by atoms with E-state index in [0.29, 0.717) is 11.8 Å². The molecule has 0 aliphatic heterocycles. The van der Waals surface area contributed by atoms with Crippen LogP contribution >= 0.6 is 11.6 Å². The van der Waals surface area contributed by atoms with Crippen LogP contribution in [0.25, 0.3) is 0 Å². The van der Waals surface area contributed by atoms with Gasteiger partial charge < -0.3 is 0 Å². The van der Waals surface area contributed by atoms with E-state index in [1.54, 1.807) is 0 Å². The van der Waals surface area contributed by atoms with E-state index in [1.165, 1.54) is 5.56 Å². The van der Waals surface area contributed by atoms with Crippen LogP contribution in [0.5, 0.6) is 0 Å². The molecule has 0 aromatic heterocycles. The maximum atomic E-state index is 5.67. The third-order valence-electron chi connectivity index (χ3n) is 2.01. The molecule has 0 radical (unpaired) electrons. The van der Waals surface area contributed by atoms with Gasteiger partial charge in [-0.2, -0.15) is 0 Å². The highest BCUT2D eigenvalue weighted by molar-refractivity contribution is 6.17. The third-order valence-corrected chi connectivity index (χ3v) is 2.32. The van der Waals surface area contributed by atoms with Gasteiger partial charge in [-0.25, -0.2) is 0 Å². The molecule has 0 heterocycles. The number of benzene rings is 1. The summed E-state index contributed by atoms with van der Waals surface area (Å²) < 4.78 is 0. The number of hydrogen-bond donors (Lipinski definition) is 0. The highest BCUT2D eigenvalue weighted by Gasteiger charge is 1.99. The Bertz CT molecular complexity index is 248. The van der Waals surface area contributed by atoms with Crippen LogP contribution in [0.2, 0.25) is 0 Å². The van der Waals surface area contributed by atoms with Crippen molar-refractivity contribution in [2.75, 3.05) is 0 Å². The maximum absolute atomic E-state index is 5.67. The van der Waals surface area contributed by atoms with E-state index in [0.717, 1.165) is 5.56 Å². The van der Waals surface area contributed by atoms with Crippen LogP contribution in [0.1, 0.15) is 24.0 Å². The predicted octanol–water partition coefficient (Wildman–Crippen LogP) is 3.71. The Balaban J connectivity index is 2.84. The zero-order valence-electron chi connectivity index (χ0n) is 7.26. The van der Waals surface area contributed by atoms with Crippen molar-refractivity contribution >= 4 is 11.6 Å². The lowest BCUT2D eigenvalue weighted by molar-refractivity contribution is 0.969. The molecule has 1 rings (SSSR count). The fourth-order valence-electron chi connectivity index (χ4n) is 1.05. The Morgan fingerprint density at radius 3 is 2.42 bits per heavy atom. The zero-order valence-corrected chi connectivity index (χ0v) is 8.01. The fourth-order valence-corrected chi connectivity index (χ4v) is 1.22. The second-order valence-corrected chi connectivity index (χ2v) is 3.17. The van der Waals surface area contributed by atoms with Crippen molar-refractivity contribution in [2.24, 2.45) is 0 Å². The van der Waals surface area contributed by atoms with E-state index in [-0.39, 0.29) is 0 Å². The molecule has 0 bridgehead atoms. The Hall–Kier alpha value is -0.750. The molecule has 0 aliphatic carbocycles. The van der Waals surface area contributed by atoms with Gasteiger partial charge >= 0.3 is 0 Å². The van der Waals surface area contributed by atoms with Gasteiger partial charge in [0.1, 0.15) is 0 Å². The first-order valence-electron chi connectivity index (χ1n) is 4.05. The van der Waals surface area contributed by atoms with Crippen molar-refractivity contribution in [3.05, 3.63) is 48.0 Å². The second kappa shape index (κ2) is 4.32. The predicted molar refractivity (Wildman–Crippen MR) is 54.6 cm³/mol. The molecule has 1 atom stereocenters. The standard InChI is InChI=1S/C11H13Cl/c1-3-9(2)11-6-4-10(8-12)5-7-11/h3-7,9H,1,8H2,2H3. The first-order valence-corrected chi connectivity index (χ1v) is 4.58. The van der Waals surface area contributed by atoms with Crippen molar-refractivity contribution in [3.63, 3.8) is 0 Å². The number of allylic oxidation sites excluding steroid dienone is 1. The lowest BCUT2D eigenvalue weighted by Crippen LogP contribution is -1.88. The lowest BCUT2D eigenvalue weighted by Gasteiger charge is -2.05. The first-order chi connectivity index (χ1) is 5.77. The average molecular weight is 181 g/mol. The van der Waals surface area contributed by atoms with Crippen molar-refractivity contribution in [2.45, 2.75) is 18.7 Å². The molecule has 1 heteroatoms. The summed E-state index contributed by atoms with van der Waals surface area (Å²) in [4.78, 5) is 0. The minimum absolute atomic E-state index is 0.425. The van der Waals surface area contributed by atoms with Crippen LogP contribution in [0, 0.1) is 0 Å². The van der Waals surface area contributed by atoms with Gasteiger partial charge in [0.25, 0.3) is 0 Å². The summed E-state index contributed by atoms with van der Waals surface area (Å²) in [5.41, 5.74) is 2.45. The molecule has 0 aliphatic rings. The molecular weight excluding hydrogens is 168 g/mol. The monoisotopic (exact) mass is 180 g/mol. The molecule has 1 unspecified atom stereocenters. The van der Waals surface area contributed by atoms with E-state index in [4.69, 9.17) is 11.6 Å². The number of rotatable bonds is 3. The highest BCUT2D eigenvalue weighted by atomic mass is 35.5. The Morgan fingerprint density at radius 1 is 1.42 bits per heavy atom. The first kappa shape index (κ1) is 9.34. The van der Waals surface area contributed by atoms with Crippen LogP contribution in [0.3, 0.4) is 0 Å². The fraction of sp³-hybridized carbons (Fsp3) is 0.273. The normalized spacial score (nSPS) is 12.5. The van der Waals surface area contributed by atoms with E-state index in [2.05, 4.69) is 37.8 Å². The summed E-state index contributed by atoms with van der Waals surface area (Å²) in [5.74, 6) is 1.01. The van der Waals surface area contributed by atoms with Gasteiger partial charge in [-0.15, -0.1) is 18.2 Å². The second-order valence-electron chi connectivity index (χ2n) is 2.90. The van der Waals surface area contributed by atoms with Gasteiger partial charge in [-0.1, -0.05) is 37.3 Å². The van der Waals surface area contributed by atoms with Crippen LogP contribution in [0.15, 0.2) is 36.9 Å². The molecule has 64 valence electrons. The number of hydrogen-bond acceptors (Lipinski definition) is 0. The van der Waals surface area contributed by atoms with E-state index in [9.17, 15) is 0 Å². The third kappa shape index (κ3) is 2.12. The van der Waals surface area contributed by atoms with Crippen LogP contribution in [-0.4, -0.2) is 0 Å². The Morgan fingerprint density at radius 2 is 2.00 bits per heavy atom. The summed E-state index contributed by atoms with van der Waals surface area (Å²) in [6.45, 7) is 5.88. The summed E-state index contributed by atoms with van der Waals surface area (Å²) in [6.07, 6.45) is 1.94. The van der Waals surface area contributed by atoms with Gasteiger partial charge in [0.05, 0.1) is 0 Å². The quantitative estimate of drug-likeness (QED) is 0.492. The van der Waals surface area contributed by atoms with Gasteiger partial charge in [0.2, 0.25) is 0 Å². The average Bonchev–Trinajstić information content (AvgIpc) is 2.17. The van der Waals surface area contributed by atoms with Crippen molar-refractivity contribution in [1.29, 1.82) is 0 Å². The summed E-state index contributed by atoms with van der Waals surface area (Å²) >= 11 is 5.67. The van der Waals surface area contributed by atoms with Crippen LogP contribution < -0.4 is 0 Å². The van der Waals surface area contributed by atoms with Crippen molar-refractivity contribution < 1.29 is 0 Å². The minimum Gasteiger partial charge on any atom is -0.122 e.